The summed E-state index contributed by atoms with van der Waals surface area (Å²) in [5.41, 5.74) is 1.13. The van der Waals surface area contributed by atoms with Crippen LogP contribution >= 0.6 is 11.8 Å². The number of hydrogen-bond acceptors (Lipinski definition) is 3. The minimum atomic E-state index is 0.341. The van der Waals surface area contributed by atoms with E-state index >= 15 is 0 Å². The van der Waals surface area contributed by atoms with Crippen LogP contribution in [0.25, 0.3) is 0 Å². The average Bonchev–Trinajstić information content (AvgIpc) is 2.18. The van der Waals surface area contributed by atoms with Gasteiger partial charge < -0.3 is 10.4 Å². The second-order valence-electron chi connectivity index (χ2n) is 3.19. The van der Waals surface area contributed by atoms with Crippen LogP contribution in [0.2, 0.25) is 0 Å². The van der Waals surface area contributed by atoms with E-state index in [0.717, 1.165) is 18.7 Å². The van der Waals surface area contributed by atoms with Gasteiger partial charge in [0, 0.05) is 6.54 Å². The van der Waals surface area contributed by atoms with E-state index in [1.165, 1.54) is 12.2 Å². The molecule has 0 aliphatic carbocycles. The maximum atomic E-state index is 9.22. The first-order valence-electron chi connectivity index (χ1n) is 4.80. The minimum absolute atomic E-state index is 0.341. The second-order valence-corrected chi connectivity index (χ2v) is 4.18. The third-order valence-electron chi connectivity index (χ3n) is 1.94. The molecule has 0 fully saturated rings. The first-order valence-corrected chi connectivity index (χ1v) is 6.20. The monoisotopic (exact) mass is 211 g/mol. The summed E-state index contributed by atoms with van der Waals surface area (Å²) in [7, 11) is 0. The topological polar surface area (TPSA) is 32.3 Å². The molecular formula is C11H17NOS. The smallest absolute Gasteiger partial charge is 0.115 e. The summed E-state index contributed by atoms with van der Waals surface area (Å²) >= 11 is 1.87. The van der Waals surface area contributed by atoms with Crippen molar-refractivity contribution >= 4 is 11.8 Å². The Morgan fingerprint density at radius 2 is 2.29 bits per heavy atom. The van der Waals surface area contributed by atoms with Crippen LogP contribution in [0.5, 0.6) is 5.75 Å². The molecule has 0 saturated heterocycles. The molecule has 0 aliphatic heterocycles. The van der Waals surface area contributed by atoms with Crippen LogP contribution in [0, 0.1) is 0 Å². The van der Waals surface area contributed by atoms with Gasteiger partial charge in [0.25, 0.3) is 0 Å². The van der Waals surface area contributed by atoms with Gasteiger partial charge in [0.05, 0.1) is 0 Å². The third kappa shape index (κ3) is 4.53. The summed E-state index contributed by atoms with van der Waals surface area (Å²) in [6.45, 7) is 1.87. The summed E-state index contributed by atoms with van der Waals surface area (Å²) in [5.74, 6) is 1.54. The van der Waals surface area contributed by atoms with Gasteiger partial charge in [0.15, 0.2) is 0 Å². The SMILES string of the molecule is CSCCCNCc1cccc(O)c1. The number of nitrogens with one attached hydrogen (secondary N) is 1. The van der Waals surface area contributed by atoms with Crippen molar-refractivity contribution in [2.45, 2.75) is 13.0 Å². The molecule has 0 radical (unpaired) electrons. The van der Waals surface area contributed by atoms with Crippen molar-refractivity contribution in [1.29, 1.82) is 0 Å². The lowest BCUT2D eigenvalue weighted by molar-refractivity contribution is 0.474. The van der Waals surface area contributed by atoms with Crippen molar-refractivity contribution in [3.63, 3.8) is 0 Å². The Kier molecular flexibility index (Phi) is 5.49. The molecule has 1 rings (SSSR count). The van der Waals surface area contributed by atoms with E-state index in [1.54, 1.807) is 12.1 Å². The van der Waals surface area contributed by atoms with Crippen LogP contribution in [-0.2, 0) is 6.54 Å². The van der Waals surface area contributed by atoms with Gasteiger partial charge in [-0.3, -0.25) is 0 Å². The zero-order valence-electron chi connectivity index (χ0n) is 8.49. The fourth-order valence-corrected chi connectivity index (χ4v) is 1.67. The highest BCUT2D eigenvalue weighted by atomic mass is 32.2. The molecule has 0 bridgehead atoms. The molecular weight excluding hydrogens is 194 g/mol. The predicted octanol–water partition coefficient (Wildman–Crippen LogP) is 2.23. The number of phenols is 1. The van der Waals surface area contributed by atoms with Crippen molar-refractivity contribution in [2.24, 2.45) is 0 Å². The Balaban J connectivity index is 2.18. The van der Waals surface area contributed by atoms with Crippen molar-refractivity contribution in [3.8, 4) is 5.75 Å². The lowest BCUT2D eigenvalue weighted by atomic mass is 10.2. The molecule has 14 heavy (non-hydrogen) atoms. The molecule has 0 heterocycles. The van der Waals surface area contributed by atoms with E-state index < -0.39 is 0 Å². The number of benzene rings is 1. The first kappa shape index (κ1) is 11.4. The molecule has 3 heteroatoms. The van der Waals surface area contributed by atoms with Gasteiger partial charge in [0.2, 0.25) is 0 Å². The quantitative estimate of drug-likeness (QED) is 0.708. The molecule has 0 spiro atoms. The average molecular weight is 211 g/mol. The highest BCUT2D eigenvalue weighted by Crippen LogP contribution is 2.10. The van der Waals surface area contributed by atoms with Gasteiger partial charge in [-0.15, -0.1) is 0 Å². The Labute approximate surface area is 89.7 Å². The van der Waals surface area contributed by atoms with Gasteiger partial charge >= 0.3 is 0 Å². The Hall–Kier alpha value is -0.670. The molecule has 0 unspecified atom stereocenters. The maximum Gasteiger partial charge on any atom is 0.115 e. The number of phenolic OH excluding ortho intramolecular Hbond substituents is 1. The fraction of sp³-hybridized carbons (Fsp3) is 0.455. The lowest BCUT2D eigenvalue weighted by Gasteiger charge is -2.04. The van der Waals surface area contributed by atoms with E-state index in [0.29, 0.717) is 5.75 Å². The summed E-state index contributed by atoms with van der Waals surface area (Å²) in [5, 5.41) is 12.6. The number of thioether (sulfide) groups is 1. The minimum Gasteiger partial charge on any atom is -0.508 e. The van der Waals surface area contributed by atoms with E-state index in [1.807, 2.05) is 23.9 Å². The molecule has 1 aromatic carbocycles. The lowest BCUT2D eigenvalue weighted by Crippen LogP contribution is -2.15. The van der Waals surface area contributed by atoms with E-state index in [4.69, 9.17) is 0 Å². The number of rotatable bonds is 6. The summed E-state index contributed by atoms with van der Waals surface area (Å²) < 4.78 is 0. The summed E-state index contributed by atoms with van der Waals surface area (Å²) in [4.78, 5) is 0. The number of hydrogen-bond donors (Lipinski definition) is 2. The molecule has 2 N–H and O–H groups in total. The Morgan fingerprint density at radius 3 is 3.00 bits per heavy atom. The summed E-state index contributed by atoms with van der Waals surface area (Å²) in [6.07, 6.45) is 3.31. The van der Waals surface area contributed by atoms with Crippen molar-refractivity contribution < 1.29 is 5.11 Å². The zero-order valence-corrected chi connectivity index (χ0v) is 9.31. The van der Waals surface area contributed by atoms with Crippen LogP contribution in [0.3, 0.4) is 0 Å². The van der Waals surface area contributed by atoms with Crippen molar-refractivity contribution in [1.82, 2.24) is 5.32 Å². The highest BCUT2D eigenvalue weighted by Gasteiger charge is 1.93. The molecule has 0 saturated carbocycles. The maximum absolute atomic E-state index is 9.22. The Bertz CT molecular complexity index is 265. The standard InChI is InChI=1S/C11H17NOS/c1-14-7-3-6-12-9-10-4-2-5-11(13)8-10/h2,4-5,8,12-13H,3,6-7,9H2,1H3. The first-order chi connectivity index (χ1) is 6.83. The largest absolute Gasteiger partial charge is 0.508 e. The van der Waals surface area contributed by atoms with Crippen LogP contribution in [0.15, 0.2) is 24.3 Å². The number of aromatic hydroxyl groups is 1. The zero-order chi connectivity index (χ0) is 10.2. The fourth-order valence-electron chi connectivity index (χ4n) is 1.24. The van der Waals surface area contributed by atoms with E-state index in [-0.39, 0.29) is 0 Å². The third-order valence-corrected chi connectivity index (χ3v) is 2.64. The van der Waals surface area contributed by atoms with Crippen LogP contribution in [0.4, 0.5) is 0 Å². The molecule has 0 atom stereocenters. The molecule has 78 valence electrons. The molecule has 0 amide bonds. The van der Waals surface area contributed by atoms with Crippen LogP contribution in [0.1, 0.15) is 12.0 Å². The highest BCUT2D eigenvalue weighted by molar-refractivity contribution is 7.98. The van der Waals surface area contributed by atoms with Gasteiger partial charge in [-0.1, -0.05) is 12.1 Å². The van der Waals surface area contributed by atoms with Gasteiger partial charge in [-0.05, 0) is 42.7 Å². The summed E-state index contributed by atoms with van der Waals surface area (Å²) in [6, 6.07) is 7.37. The van der Waals surface area contributed by atoms with Gasteiger partial charge in [0.1, 0.15) is 5.75 Å². The van der Waals surface area contributed by atoms with E-state index in [9.17, 15) is 5.11 Å². The second kappa shape index (κ2) is 6.74. The molecule has 2 nitrogen and oxygen atoms in total. The van der Waals surface area contributed by atoms with E-state index in [2.05, 4.69) is 11.6 Å². The molecule has 0 aliphatic rings. The molecule has 1 aromatic rings. The van der Waals surface area contributed by atoms with Crippen molar-refractivity contribution in [2.75, 3.05) is 18.6 Å². The van der Waals surface area contributed by atoms with Crippen LogP contribution in [-0.4, -0.2) is 23.7 Å². The predicted molar refractivity (Wildman–Crippen MR) is 62.8 cm³/mol. The van der Waals surface area contributed by atoms with Crippen molar-refractivity contribution in [3.05, 3.63) is 29.8 Å². The van der Waals surface area contributed by atoms with Gasteiger partial charge in [-0.25, -0.2) is 0 Å². The normalized spacial score (nSPS) is 10.4. The Morgan fingerprint density at radius 1 is 1.43 bits per heavy atom. The molecule has 0 aromatic heterocycles. The van der Waals surface area contributed by atoms with Gasteiger partial charge in [-0.2, -0.15) is 11.8 Å². The van der Waals surface area contributed by atoms with Crippen LogP contribution < -0.4 is 5.32 Å².